The predicted octanol–water partition coefficient (Wildman–Crippen LogP) is 1.39. The van der Waals surface area contributed by atoms with Gasteiger partial charge in [0.25, 0.3) is 5.91 Å². The van der Waals surface area contributed by atoms with Crippen LogP contribution >= 0.6 is 0 Å². The molecular weight excluding hydrogens is 235 g/mol. The van der Waals surface area contributed by atoms with E-state index in [1.807, 2.05) is 0 Å². The fourth-order valence-electron chi connectivity index (χ4n) is 1.41. The molecule has 0 saturated carbocycles. The molecule has 0 aromatic heterocycles. The van der Waals surface area contributed by atoms with Gasteiger partial charge >= 0.3 is 0 Å². The first-order chi connectivity index (χ1) is 8.45. The number of rotatable bonds is 4. The second-order valence-corrected chi connectivity index (χ2v) is 4.05. The van der Waals surface area contributed by atoms with Crippen LogP contribution < -0.4 is 10.6 Å². The molecule has 1 aromatic carbocycles. The predicted molar refractivity (Wildman–Crippen MR) is 66.7 cm³/mol. The molecule has 0 heterocycles. The van der Waals surface area contributed by atoms with E-state index in [9.17, 15) is 14.0 Å². The molecule has 0 radical (unpaired) electrons. The maximum Gasteiger partial charge on any atom is 0.252 e. The van der Waals surface area contributed by atoms with Gasteiger partial charge in [0.15, 0.2) is 0 Å². The Kier molecular flexibility index (Phi) is 4.83. The normalized spacial score (nSPS) is 11.8. The number of benzene rings is 1. The van der Waals surface area contributed by atoms with Crippen LogP contribution in [-0.2, 0) is 4.79 Å². The second-order valence-electron chi connectivity index (χ2n) is 4.05. The lowest BCUT2D eigenvalue weighted by Crippen LogP contribution is -2.44. The highest BCUT2D eigenvalue weighted by atomic mass is 19.1. The van der Waals surface area contributed by atoms with Crippen molar-refractivity contribution < 1.29 is 14.0 Å². The number of carbonyl (C=O) groups excluding carboxylic acids is 2. The van der Waals surface area contributed by atoms with Crippen LogP contribution in [0.25, 0.3) is 0 Å². The SMILES string of the molecule is CCNC(=O)[C@H](C)NC(=O)c1ccc(C)c(F)c1. The number of hydrogen-bond donors (Lipinski definition) is 2. The van der Waals surface area contributed by atoms with Gasteiger partial charge in [-0.05, 0) is 38.5 Å². The van der Waals surface area contributed by atoms with Crippen molar-refractivity contribution >= 4 is 11.8 Å². The van der Waals surface area contributed by atoms with Gasteiger partial charge in [-0.1, -0.05) is 6.07 Å². The van der Waals surface area contributed by atoms with Crippen LogP contribution in [0, 0.1) is 12.7 Å². The number of carbonyl (C=O) groups is 2. The number of aryl methyl sites for hydroxylation is 1. The Bertz CT molecular complexity index is 460. The molecule has 0 spiro atoms. The molecule has 0 bridgehead atoms. The van der Waals surface area contributed by atoms with Crippen molar-refractivity contribution in [3.63, 3.8) is 0 Å². The molecule has 0 aliphatic rings. The maximum atomic E-state index is 13.3. The third-order valence-corrected chi connectivity index (χ3v) is 2.53. The summed E-state index contributed by atoms with van der Waals surface area (Å²) < 4.78 is 13.3. The number of likely N-dealkylation sites (N-methyl/N-ethyl adjacent to an activating group) is 1. The van der Waals surface area contributed by atoms with Gasteiger partial charge in [-0.15, -0.1) is 0 Å². The monoisotopic (exact) mass is 252 g/mol. The highest BCUT2D eigenvalue weighted by Crippen LogP contribution is 2.09. The molecule has 0 aliphatic heterocycles. The Hall–Kier alpha value is -1.91. The van der Waals surface area contributed by atoms with Crippen LogP contribution in [-0.4, -0.2) is 24.4 Å². The summed E-state index contributed by atoms with van der Waals surface area (Å²) in [6.07, 6.45) is 0. The molecule has 0 fully saturated rings. The molecule has 0 aliphatic carbocycles. The standard InChI is InChI=1S/C13H17FN2O2/c1-4-15-12(17)9(3)16-13(18)10-6-5-8(2)11(14)7-10/h5-7,9H,4H2,1-3H3,(H,15,17)(H,16,18)/t9-/m0/s1. The van der Waals surface area contributed by atoms with Gasteiger partial charge in [0.1, 0.15) is 11.9 Å². The fraction of sp³-hybridized carbons (Fsp3) is 0.385. The quantitative estimate of drug-likeness (QED) is 0.850. The zero-order chi connectivity index (χ0) is 13.7. The van der Waals surface area contributed by atoms with Gasteiger partial charge in [-0.2, -0.15) is 0 Å². The van der Waals surface area contributed by atoms with Gasteiger partial charge in [-0.25, -0.2) is 4.39 Å². The lowest BCUT2D eigenvalue weighted by molar-refractivity contribution is -0.122. The Labute approximate surface area is 106 Å². The molecule has 0 saturated heterocycles. The lowest BCUT2D eigenvalue weighted by Gasteiger charge is -2.13. The Morgan fingerprint density at radius 3 is 2.61 bits per heavy atom. The van der Waals surface area contributed by atoms with E-state index in [0.29, 0.717) is 12.1 Å². The zero-order valence-corrected chi connectivity index (χ0v) is 10.7. The molecule has 1 rings (SSSR count). The van der Waals surface area contributed by atoms with E-state index < -0.39 is 17.8 Å². The maximum absolute atomic E-state index is 13.3. The Morgan fingerprint density at radius 2 is 2.06 bits per heavy atom. The highest BCUT2D eigenvalue weighted by Gasteiger charge is 2.16. The van der Waals surface area contributed by atoms with Gasteiger partial charge in [0, 0.05) is 12.1 Å². The van der Waals surface area contributed by atoms with Gasteiger partial charge in [0.2, 0.25) is 5.91 Å². The molecular formula is C13H17FN2O2. The average Bonchev–Trinajstić information content (AvgIpc) is 2.32. The molecule has 1 atom stereocenters. The van der Waals surface area contributed by atoms with E-state index >= 15 is 0 Å². The van der Waals surface area contributed by atoms with E-state index in [1.165, 1.54) is 12.1 Å². The first-order valence-electron chi connectivity index (χ1n) is 5.80. The van der Waals surface area contributed by atoms with E-state index in [0.717, 1.165) is 6.07 Å². The van der Waals surface area contributed by atoms with Gasteiger partial charge in [-0.3, -0.25) is 9.59 Å². The average molecular weight is 252 g/mol. The summed E-state index contributed by atoms with van der Waals surface area (Å²) in [5, 5.41) is 5.10. The summed E-state index contributed by atoms with van der Waals surface area (Å²) in [5.41, 5.74) is 0.678. The third-order valence-electron chi connectivity index (χ3n) is 2.53. The van der Waals surface area contributed by atoms with Crippen molar-refractivity contribution in [1.29, 1.82) is 0 Å². The first kappa shape index (κ1) is 14.2. The van der Waals surface area contributed by atoms with Crippen LogP contribution in [0.4, 0.5) is 4.39 Å². The summed E-state index contributed by atoms with van der Waals surface area (Å²) in [6, 6.07) is 3.57. The van der Waals surface area contributed by atoms with E-state index in [1.54, 1.807) is 20.8 Å². The molecule has 4 nitrogen and oxygen atoms in total. The molecule has 2 amide bonds. The largest absolute Gasteiger partial charge is 0.355 e. The lowest BCUT2D eigenvalue weighted by atomic mass is 10.1. The minimum Gasteiger partial charge on any atom is -0.355 e. The summed E-state index contributed by atoms with van der Waals surface area (Å²) >= 11 is 0. The summed E-state index contributed by atoms with van der Waals surface area (Å²) in [4.78, 5) is 23.2. The number of hydrogen-bond acceptors (Lipinski definition) is 2. The number of halogens is 1. The topological polar surface area (TPSA) is 58.2 Å². The summed E-state index contributed by atoms with van der Waals surface area (Å²) in [6.45, 7) is 5.49. The van der Waals surface area contributed by atoms with Crippen LogP contribution in [0.15, 0.2) is 18.2 Å². The first-order valence-corrected chi connectivity index (χ1v) is 5.80. The molecule has 1 aromatic rings. The minimum atomic E-state index is -0.651. The minimum absolute atomic E-state index is 0.203. The number of amides is 2. The van der Waals surface area contributed by atoms with Crippen LogP contribution in [0.2, 0.25) is 0 Å². The van der Waals surface area contributed by atoms with Gasteiger partial charge in [0.05, 0.1) is 0 Å². The van der Waals surface area contributed by atoms with Crippen molar-refractivity contribution in [1.82, 2.24) is 10.6 Å². The van der Waals surface area contributed by atoms with E-state index in [-0.39, 0.29) is 11.5 Å². The molecule has 5 heteroatoms. The van der Waals surface area contributed by atoms with Crippen molar-refractivity contribution in [3.05, 3.63) is 35.1 Å². The molecule has 18 heavy (non-hydrogen) atoms. The smallest absolute Gasteiger partial charge is 0.252 e. The van der Waals surface area contributed by atoms with Crippen molar-refractivity contribution in [3.8, 4) is 0 Å². The van der Waals surface area contributed by atoms with E-state index in [4.69, 9.17) is 0 Å². The highest BCUT2D eigenvalue weighted by molar-refractivity contribution is 5.97. The zero-order valence-electron chi connectivity index (χ0n) is 10.7. The molecule has 0 unspecified atom stereocenters. The second kappa shape index (κ2) is 6.14. The van der Waals surface area contributed by atoms with Crippen LogP contribution in [0.3, 0.4) is 0 Å². The number of nitrogens with one attached hydrogen (secondary N) is 2. The van der Waals surface area contributed by atoms with E-state index in [2.05, 4.69) is 10.6 Å². The summed E-state index contributed by atoms with van der Waals surface area (Å²) in [7, 11) is 0. The summed E-state index contributed by atoms with van der Waals surface area (Å²) in [5.74, 6) is -1.17. The van der Waals surface area contributed by atoms with Crippen molar-refractivity contribution in [2.45, 2.75) is 26.8 Å². The molecule has 2 N–H and O–H groups in total. The van der Waals surface area contributed by atoms with Crippen molar-refractivity contribution in [2.75, 3.05) is 6.54 Å². The van der Waals surface area contributed by atoms with Gasteiger partial charge < -0.3 is 10.6 Å². The van der Waals surface area contributed by atoms with Crippen molar-refractivity contribution in [2.24, 2.45) is 0 Å². The van der Waals surface area contributed by atoms with Crippen LogP contribution in [0.1, 0.15) is 29.8 Å². The Morgan fingerprint density at radius 1 is 1.39 bits per heavy atom. The fourth-order valence-corrected chi connectivity index (χ4v) is 1.41. The molecule has 98 valence electrons. The van der Waals surface area contributed by atoms with Crippen LogP contribution in [0.5, 0.6) is 0 Å². The Balaban J connectivity index is 2.70. The third kappa shape index (κ3) is 3.55.